The summed E-state index contributed by atoms with van der Waals surface area (Å²) in [5.74, 6) is 0. The van der Waals surface area contributed by atoms with Gasteiger partial charge in [-0.15, -0.1) is 45.3 Å². The molecule has 54 heavy (non-hydrogen) atoms. The van der Waals surface area contributed by atoms with Crippen LogP contribution in [0.2, 0.25) is 0 Å². The van der Waals surface area contributed by atoms with Crippen LogP contribution in [0.1, 0.15) is 208 Å². The summed E-state index contributed by atoms with van der Waals surface area (Å²) in [4.78, 5) is 8.98. The van der Waals surface area contributed by atoms with Crippen molar-refractivity contribution in [3.63, 3.8) is 0 Å². The van der Waals surface area contributed by atoms with Gasteiger partial charge in [-0.05, 0) is 77.7 Å². The molecule has 5 rings (SSSR count). The van der Waals surface area contributed by atoms with Crippen molar-refractivity contribution in [3.8, 4) is 20.9 Å². The van der Waals surface area contributed by atoms with Crippen LogP contribution in [0.4, 0.5) is 0 Å². The number of benzene rings is 1. The number of fused-ring (bicyclic) bond motifs is 2. The molecule has 4 heterocycles. The van der Waals surface area contributed by atoms with Gasteiger partial charge in [0.15, 0.2) is 0 Å². The first-order chi connectivity index (χ1) is 23.9. The number of rotatable bonds is 2. The van der Waals surface area contributed by atoms with E-state index in [1.165, 1.54) is 71.7 Å². The van der Waals surface area contributed by atoms with Crippen molar-refractivity contribution >= 4 is 65.5 Å². The SMILES string of the molecule is CC(C)(C)c1cc(-c2c3sc(C(C)(C)C)c(C(C)(C)C)c3c(-c3cc(C(C)(C)C)c(C(C)(C)C)s3)c3sc(C(C)(C)C)c(C(C)(C)C)c23)sc1C(C)(C)C. The molecule has 1 aromatic carbocycles. The second kappa shape index (κ2) is 13.0. The van der Waals surface area contributed by atoms with Gasteiger partial charge in [-0.1, -0.05) is 166 Å². The van der Waals surface area contributed by atoms with Gasteiger partial charge in [0.05, 0.1) is 0 Å². The van der Waals surface area contributed by atoms with Crippen molar-refractivity contribution in [1.29, 1.82) is 0 Å². The summed E-state index contributed by atoms with van der Waals surface area (Å²) in [5.41, 5.74) is 9.15. The monoisotopic (exact) mass is 802 g/mol. The van der Waals surface area contributed by atoms with E-state index in [9.17, 15) is 0 Å². The summed E-state index contributed by atoms with van der Waals surface area (Å²) in [5, 5.41) is 3.01. The van der Waals surface area contributed by atoms with Crippen molar-refractivity contribution in [3.05, 3.63) is 53.9 Å². The van der Waals surface area contributed by atoms with Gasteiger partial charge in [0, 0.05) is 60.6 Å². The van der Waals surface area contributed by atoms with E-state index in [2.05, 4.69) is 224 Å². The topological polar surface area (TPSA) is 0 Å². The van der Waals surface area contributed by atoms with E-state index in [0.717, 1.165) is 0 Å². The maximum atomic E-state index is 2.62. The van der Waals surface area contributed by atoms with Crippen molar-refractivity contribution in [2.75, 3.05) is 0 Å². The second-order valence-electron chi connectivity index (χ2n) is 24.5. The van der Waals surface area contributed by atoms with E-state index in [1.54, 1.807) is 11.1 Å². The Bertz CT molecular complexity index is 1990. The van der Waals surface area contributed by atoms with Crippen LogP contribution in [0.25, 0.3) is 41.1 Å². The average molecular weight is 803 g/mol. The van der Waals surface area contributed by atoms with Gasteiger partial charge in [0.1, 0.15) is 0 Å². The summed E-state index contributed by atoms with van der Waals surface area (Å²) in [6.07, 6.45) is 0. The van der Waals surface area contributed by atoms with Crippen molar-refractivity contribution in [1.82, 2.24) is 0 Å². The zero-order valence-corrected chi connectivity index (χ0v) is 42.1. The fourth-order valence-corrected chi connectivity index (χ4v) is 14.5. The third-order valence-electron chi connectivity index (χ3n) is 10.6. The molecule has 0 aliphatic heterocycles. The highest BCUT2D eigenvalue weighted by molar-refractivity contribution is 7.24. The third-order valence-corrected chi connectivity index (χ3v) is 17.0. The number of thiophene rings is 4. The lowest BCUT2D eigenvalue weighted by atomic mass is 9.75. The Morgan fingerprint density at radius 2 is 0.556 bits per heavy atom. The van der Waals surface area contributed by atoms with Gasteiger partial charge < -0.3 is 0 Å². The smallest absolute Gasteiger partial charge is 0.0449 e. The first-order valence-electron chi connectivity index (χ1n) is 20.3. The summed E-state index contributed by atoms with van der Waals surface area (Å²) in [6, 6.07) is 5.24. The van der Waals surface area contributed by atoms with Crippen LogP contribution in [0.5, 0.6) is 0 Å². The van der Waals surface area contributed by atoms with Crippen molar-refractivity contribution in [2.45, 2.75) is 209 Å². The number of hydrogen-bond donors (Lipinski definition) is 0. The van der Waals surface area contributed by atoms with E-state index in [4.69, 9.17) is 0 Å². The quantitative estimate of drug-likeness (QED) is 0.167. The van der Waals surface area contributed by atoms with E-state index in [-0.39, 0.29) is 43.3 Å². The fourth-order valence-electron chi connectivity index (χ4n) is 8.13. The van der Waals surface area contributed by atoms with Crippen LogP contribution in [-0.4, -0.2) is 0 Å². The molecular weight excluding hydrogens is 729 g/mol. The molecule has 4 aromatic heterocycles. The molecule has 0 unspecified atom stereocenters. The molecule has 5 aromatic rings. The minimum absolute atomic E-state index is 0.00285. The Kier molecular flexibility index (Phi) is 10.5. The zero-order valence-electron chi connectivity index (χ0n) is 38.8. The van der Waals surface area contributed by atoms with Crippen LogP contribution in [0, 0.1) is 0 Å². The summed E-state index contributed by atoms with van der Waals surface area (Å²) < 4.78 is 2.97. The lowest BCUT2D eigenvalue weighted by Crippen LogP contribution is -2.20. The Morgan fingerprint density at radius 1 is 0.296 bits per heavy atom. The molecule has 0 saturated carbocycles. The number of hydrogen-bond acceptors (Lipinski definition) is 4. The lowest BCUT2D eigenvalue weighted by Gasteiger charge is -2.28. The lowest BCUT2D eigenvalue weighted by molar-refractivity contribution is 0.542. The predicted molar refractivity (Wildman–Crippen MR) is 253 cm³/mol. The first kappa shape index (κ1) is 43.7. The highest BCUT2D eigenvalue weighted by Crippen LogP contribution is 2.61. The van der Waals surface area contributed by atoms with Gasteiger partial charge in [-0.2, -0.15) is 0 Å². The molecule has 0 fully saturated rings. The Morgan fingerprint density at radius 3 is 0.741 bits per heavy atom. The Labute approximate surface area is 347 Å². The van der Waals surface area contributed by atoms with Crippen LogP contribution >= 0.6 is 45.3 Å². The van der Waals surface area contributed by atoms with Gasteiger partial charge in [-0.25, -0.2) is 0 Å². The molecule has 0 aliphatic rings. The van der Waals surface area contributed by atoms with Crippen molar-refractivity contribution in [2.24, 2.45) is 0 Å². The molecule has 0 bridgehead atoms. The van der Waals surface area contributed by atoms with E-state index in [0.29, 0.717) is 0 Å². The van der Waals surface area contributed by atoms with Gasteiger partial charge >= 0.3 is 0 Å². The standard InChI is InChI=1S/C50H74S4/c1-43(2,3)27-25-29(51-39(27)47(13,14)15)31-33-35(45(7,8)9)41(49(19,20)21)54-38(33)32(30-26-28(44(4,5)6)40(52-30)48(16,17)18)34-36(46(10,11)12)42(50(22,23)24)53-37(31)34/h25-26H,1-24H3. The molecule has 0 atom stereocenters. The maximum Gasteiger partial charge on any atom is 0.0449 e. The van der Waals surface area contributed by atoms with Gasteiger partial charge in [0.2, 0.25) is 0 Å². The summed E-state index contributed by atoms with van der Waals surface area (Å²) in [7, 11) is 0. The molecule has 4 heteroatoms. The van der Waals surface area contributed by atoms with Crippen LogP contribution in [-0.2, 0) is 43.3 Å². The Hall–Kier alpha value is -1.46. The predicted octanol–water partition coefficient (Wildman–Crippen LogP) is 18.0. The third kappa shape index (κ3) is 7.75. The molecule has 0 amide bonds. The molecule has 0 saturated heterocycles. The Balaban J connectivity index is 2.27. The zero-order chi connectivity index (χ0) is 41.5. The van der Waals surface area contributed by atoms with E-state index < -0.39 is 0 Å². The second-order valence-corrected chi connectivity index (χ2v) is 28.6. The molecule has 0 spiro atoms. The van der Waals surface area contributed by atoms with Gasteiger partial charge in [-0.3, -0.25) is 0 Å². The minimum Gasteiger partial charge on any atom is -0.139 e. The minimum atomic E-state index is -0.0445. The molecule has 0 aliphatic carbocycles. The summed E-state index contributed by atoms with van der Waals surface area (Å²) >= 11 is 8.36. The molecule has 0 nitrogen and oxygen atoms in total. The van der Waals surface area contributed by atoms with E-state index in [1.807, 2.05) is 0 Å². The van der Waals surface area contributed by atoms with Crippen LogP contribution < -0.4 is 0 Å². The van der Waals surface area contributed by atoms with Gasteiger partial charge in [0.25, 0.3) is 0 Å². The fraction of sp³-hybridized carbons (Fsp3) is 0.640. The molecule has 0 radical (unpaired) electrons. The van der Waals surface area contributed by atoms with Crippen molar-refractivity contribution < 1.29 is 0 Å². The molecule has 0 N–H and O–H groups in total. The van der Waals surface area contributed by atoms with Crippen LogP contribution in [0.15, 0.2) is 12.1 Å². The molecule has 298 valence electrons. The molecular formula is C50H74S4. The van der Waals surface area contributed by atoms with E-state index >= 15 is 0 Å². The largest absolute Gasteiger partial charge is 0.139 e. The van der Waals surface area contributed by atoms with Crippen LogP contribution in [0.3, 0.4) is 0 Å². The normalized spacial score (nSPS) is 14.7. The first-order valence-corrected chi connectivity index (χ1v) is 23.6. The average Bonchev–Trinajstić information content (AvgIpc) is 3.70. The summed E-state index contributed by atoms with van der Waals surface area (Å²) in [6.45, 7) is 58.3. The highest BCUT2D eigenvalue weighted by Gasteiger charge is 2.40. The maximum absolute atomic E-state index is 2.62. The highest BCUT2D eigenvalue weighted by atomic mass is 32.1.